The largest absolute Gasteiger partial charge is 0.493 e. The van der Waals surface area contributed by atoms with Crippen molar-refractivity contribution >= 4 is 29.9 Å². The summed E-state index contributed by atoms with van der Waals surface area (Å²) in [6.07, 6.45) is 4.94. The molecule has 1 aliphatic carbocycles. The quantitative estimate of drug-likeness (QED) is 0.311. The number of methoxy groups -OCH3 is 1. The Morgan fingerprint density at radius 1 is 1.24 bits per heavy atom. The third-order valence-electron chi connectivity index (χ3n) is 5.08. The highest BCUT2D eigenvalue weighted by molar-refractivity contribution is 14.0. The molecule has 29 heavy (non-hydrogen) atoms. The molecule has 1 aromatic carbocycles. The summed E-state index contributed by atoms with van der Waals surface area (Å²) >= 11 is 0. The summed E-state index contributed by atoms with van der Waals surface area (Å²) in [6.45, 7) is 4.58. The van der Waals surface area contributed by atoms with Crippen LogP contribution in [-0.2, 0) is 6.54 Å². The summed E-state index contributed by atoms with van der Waals surface area (Å²) in [5.41, 5.74) is 1.05. The van der Waals surface area contributed by atoms with Gasteiger partial charge in [0.1, 0.15) is 11.5 Å². The van der Waals surface area contributed by atoms with Gasteiger partial charge in [0.2, 0.25) is 0 Å². The molecule has 1 unspecified atom stereocenters. The maximum Gasteiger partial charge on any atom is 0.191 e. The van der Waals surface area contributed by atoms with E-state index in [0.717, 1.165) is 41.4 Å². The molecular weight excluding hydrogens is 481 g/mol. The molecule has 0 bridgehead atoms. The average Bonchev–Trinajstić information content (AvgIpc) is 3.37. The molecule has 2 aromatic rings. The first-order chi connectivity index (χ1) is 13.6. The third-order valence-corrected chi connectivity index (χ3v) is 5.08. The fourth-order valence-electron chi connectivity index (χ4n) is 3.50. The van der Waals surface area contributed by atoms with E-state index in [9.17, 15) is 0 Å². The Balaban J connectivity index is 0.00000300. The van der Waals surface area contributed by atoms with Crippen LogP contribution in [0.3, 0.4) is 0 Å². The molecule has 0 aliphatic heterocycles. The number of halogens is 1. The Labute approximate surface area is 190 Å². The minimum atomic E-state index is 0. The normalized spacial score (nSPS) is 15.5. The predicted octanol–water partition coefficient (Wildman–Crippen LogP) is 4.96. The van der Waals surface area contributed by atoms with Crippen LogP contribution in [0.4, 0.5) is 0 Å². The summed E-state index contributed by atoms with van der Waals surface area (Å²) in [7, 11) is 3.44. The topological polar surface area (TPSA) is 68.0 Å². The van der Waals surface area contributed by atoms with Crippen molar-refractivity contribution in [1.29, 1.82) is 0 Å². The highest BCUT2D eigenvalue weighted by atomic mass is 127. The first-order valence-electron chi connectivity index (χ1n) is 9.96. The van der Waals surface area contributed by atoms with Crippen LogP contribution >= 0.6 is 24.0 Å². The van der Waals surface area contributed by atoms with Crippen molar-refractivity contribution < 1.29 is 13.9 Å². The van der Waals surface area contributed by atoms with Gasteiger partial charge in [-0.1, -0.05) is 12.1 Å². The van der Waals surface area contributed by atoms with Gasteiger partial charge in [0.25, 0.3) is 0 Å². The number of nitrogens with one attached hydrogen (secondary N) is 2. The van der Waals surface area contributed by atoms with Crippen molar-refractivity contribution in [1.82, 2.24) is 10.6 Å². The lowest BCUT2D eigenvalue weighted by Crippen LogP contribution is -2.38. The second-order valence-electron chi connectivity index (χ2n) is 7.21. The number of aliphatic imine (C=N–C) groups is 1. The summed E-state index contributed by atoms with van der Waals surface area (Å²) in [5, 5.41) is 6.73. The van der Waals surface area contributed by atoms with E-state index in [-0.39, 0.29) is 36.1 Å². The van der Waals surface area contributed by atoms with Crippen molar-refractivity contribution in [2.45, 2.75) is 58.2 Å². The van der Waals surface area contributed by atoms with Crippen molar-refractivity contribution in [3.63, 3.8) is 0 Å². The van der Waals surface area contributed by atoms with Crippen molar-refractivity contribution in [2.75, 3.05) is 14.2 Å². The van der Waals surface area contributed by atoms with Crippen LogP contribution in [0.5, 0.6) is 11.5 Å². The fourth-order valence-corrected chi connectivity index (χ4v) is 3.50. The van der Waals surface area contributed by atoms with Crippen LogP contribution in [0.2, 0.25) is 0 Å². The average molecular weight is 513 g/mol. The predicted molar refractivity (Wildman–Crippen MR) is 126 cm³/mol. The zero-order valence-electron chi connectivity index (χ0n) is 17.7. The van der Waals surface area contributed by atoms with Gasteiger partial charge < -0.3 is 24.5 Å². The van der Waals surface area contributed by atoms with Crippen LogP contribution in [0, 0.1) is 6.92 Å². The maximum absolute atomic E-state index is 6.31. The van der Waals surface area contributed by atoms with Gasteiger partial charge in [-0.2, -0.15) is 0 Å². The summed E-state index contributed by atoms with van der Waals surface area (Å²) in [5.74, 6) is 4.09. The minimum absolute atomic E-state index is 0. The Hall–Kier alpha value is -1.90. The summed E-state index contributed by atoms with van der Waals surface area (Å²) in [4.78, 5) is 4.33. The summed E-state index contributed by atoms with van der Waals surface area (Å²) in [6, 6.07) is 9.96. The number of guanidine groups is 1. The van der Waals surface area contributed by atoms with Crippen LogP contribution < -0.4 is 20.1 Å². The van der Waals surface area contributed by atoms with Crippen LogP contribution in [0.15, 0.2) is 39.7 Å². The van der Waals surface area contributed by atoms with E-state index in [2.05, 4.69) is 21.7 Å². The maximum atomic E-state index is 6.31. The number of benzene rings is 1. The van der Waals surface area contributed by atoms with Gasteiger partial charge in [0, 0.05) is 19.2 Å². The molecule has 0 amide bonds. The van der Waals surface area contributed by atoms with Gasteiger partial charge in [0.05, 0.1) is 19.3 Å². The molecule has 1 fully saturated rings. The van der Waals surface area contributed by atoms with Gasteiger partial charge in [-0.3, -0.25) is 4.99 Å². The zero-order chi connectivity index (χ0) is 19.9. The number of hydrogen-bond acceptors (Lipinski definition) is 4. The highest BCUT2D eigenvalue weighted by Gasteiger charge is 2.21. The molecule has 1 heterocycles. The van der Waals surface area contributed by atoms with E-state index in [1.807, 2.05) is 38.1 Å². The molecule has 1 aliphatic rings. The second kappa shape index (κ2) is 11.3. The Bertz CT molecular complexity index is 800. The lowest BCUT2D eigenvalue weighted by Gasteiger charge is -2.21. The molecule has 3 rings (SSSR count). The lowest BCUT2D eigenvalue weighted by molar-refractivity contribution is 0.198. The zero-order valence-corrected chi connectivity index (χ0v) is 20.0. The number of rotatable bonds is 7. The van der Waals surface area contributed by atoms with Crippen molar-refractivity contribution in [2.24, 2.45) is 4.99 Å². The SMILES string of the molecule is CN=C(NCc1cccc(OC)c1OC1CCCC1)NC(C)c1ccc(C)o1.I. The summed E-state index contributed by atoms with van der Waals surface area (Å²) < 4.78 is 17.5. The van der Waals surface area contributed by atoms with E-state index >= 15 is 0 Å². The van der Waals surface area contributed by atoms with Gasteiger partial charge >= 0.3 is 0 Å². The molecule has 7 heteroatoms. The first-order valence-corrected chi connectivity index (χ1v) is 9.96. The van der Waals surface area contributed by atoms with E-state index in [1.165, 1.54) is 12.8 Å². The number of hydrogen-bond donors (Lipinski definition) is 2. The monoisotopic (exact) mass is 513 g/mol. The van der Waals surface area contributed by atoms with Crippen molar-refractivity contribution in [3.05, 3.63) is 47.4 Å². The first kappa shape index (κ1) is 23.4. The Kier molecular flexibility index (Phi) is 9.13. The van der Waals surface area contributed by atoms with Gasteiger partial charge in [0.15, 0.2) is 17.5 Å². The Morgan fingerprint density at radius 2 is 2.00 bits per heavy atom. The van der Waals surface area contributed by atoms with E-state index in [0.29, 0.717) is 12.5 Å². The van der Waals surface area contributed by atoms with E-state index in [4.69, 9.17) is 13.9 Å². The molecule has 1 atom stereocenters. The molecule has 6 nitrogen and oxygen atoms in total. The fraction of sp³-hybridized carbons (Fsp3) is 0.500. The third kappa shape index (κ3) is 6.29. The second-order valence-corrected chi connectivity index (χ2v) is 7.21. The van der Waals surface area contributed by atoms with Crippen molar-refractivity contribution in [3.8, 4) is 11.5 Å². The molecule has 0 spiro atoms. The molecule has 1 saturated carbocycles. The van der Waals surface area contributed by atoms with Crippen LogP contribution in [0.1, 0.15) is 55.7 Å². The van der Waals surface area contributed by atoms with Crippen LogP contribution in [0.25, 0.3) is 0 Å². The number of aryl methyl sites for hydroxylation is 1. The molecule has 0 radical (unpaired) electrons. The molecule has 160 valence electrons. The number of ether oxygens (including phenoxy) is 2. The van der Waals surface area contributed by atoms with E-state index in [1.54, 1.807) is 14.2 Å². The number of para-hydroxylation sites is 1. The highest BCUT2D eigenvalue weighted by Crippen LogP contribution is 2.34. The number of furan rings is 1. The standard InChI is InChI=1S/C22H31N3O3.HI/c1-15-12-13-19(27-15)16(2)25-22(23-3)24-14-17-8-7-11-20(26-4)21(17)28-18-9-5-6-10-18;/h7-8,11-13,16,18H,5-6,9-10,14H2,1-4H3,(H2,23,24,25);1H. The smallest absolute Gasteiger partial charge is 0.191 e. The lowest BCUT2D eigenvalue weighted by atomic mass is 10.1. The minimum Gasteiger partial charge on any atom is -0.493 e. The van der Waals surface area contributed by atoms with Gasteiger partial charge in [-0.25, -0.2) is 0 Å². The number of nitrogens with zero attached hydrogens (tertiary/aromatic N) is 1. The Morgan fingerprint density at radius 3 is 2.62 bits per heavy atom. The molecule has 2 N–H and O–H groups in total. The van der Waals surface area contributed by atoms with Gasteiger partial charge in [-0.05, 0) is 57.7 Å². The van der Waals surface area contributed by atoms with E-state index < -0.39 is 0 Å². The van der Waals surface area contributed by atoms with Crippen LogP contribution in [-0.4, -0.2) is 26.2 Å². The molecule has 0 saturated heterocycles. The molecular formula is C22H32IN3O3. The van der Waals surface area contributed by atoms with Gasteiger partial charge in [-0.15, -0.1) is 24.0 Å². The molecule has 1 aromatic heterocycles.